The van der Waals surface area contributed by atoms with Crippen LogP contribution in [0.1, 0.15) is 42.1 Å². The SMILES string of the molecule is Cc1ccc(C(=O)N2CCCCC2C)cc1F. The molecular weight excluding hydrogens is 217 g/mol. The van der Waals surface area contributed by atoms with Crippen LogP contribution >= 0.6 is 0 Å². The van der Waals surface area contributed by atoms with Gasteiger partial charge in [0.25, 0.3) is 5.91 Å². The lowest BCUT2D eigenvalue weighted by Gasteiger charge is -2.33. The zero-order chi connectivity index (χ0) is 12.4. The maximum Gasteiger partial charge on any atom is 0.254 e. The number of rotatable bonds is 1. The summed E-state index contributed by atoms with van der Waals surface area (Å²) in [6, 6.07) is 4.98. The second-order valence-corrected chi connectivity index (χ2v) is 4.81. The first-order chi connectivity index (χ1) is 8.09. The van der Waals surface area contributed by atoms with E-state index >= 15 is 0 Å². The maximum atomic E-state index is 13.4. The van der Waals surface area contributed by atoms with E-state index in [4.69, 9.17) is 0 Å². The smallest absolute Gasteiger partial charge is 0.254 e. The molecule has 1 aromatic carbocycles. The Kier molecular flexibility index (Phi) is 3.46. The highest BCUT2D eigenvalue weighted by molar-refractivity contribution is 5.94. The van der Waals surface area contributed by atoms with Gasteiger partial charge in [-0.05, 0) is 50.8 Å². The minimum absolute atomic E-state index is 0.0453. The molecule has 0 aliphatic carbocycles. The second-order valence-electron chi connectivity index (χ2n) is 4.81. The highest BCUT2D eigenvalue weighted by Gasteiger charge is 2.24. The van der Waals surface area contributed by atoms with Crippen molar-refractivity contribution in [2.75, 3.05) is 6.54 Å². The molecule has 0 radical (unpaired) electrons. The van der Waals surface area contributed by atoms with Gasteiger partial charge in [-0.1, -0.05) is 6.07 Å². The molecule has 1 amide bonds. The van der Waals surface area contributed by atoms with E-state index in [2.05, 4.69) is 6.92 Å². The molecule has 17 heavy (non-hydrogen) atoms. The molecule has 1 saturated heterocycles. The molecule has 2 nitrogen and oxygen atoms in total. The molecule has 1 aromatic rings. The van der Waals surface area contributed by atoms with Crippen LogP contribution in [0.4, 0.5) is 4.39 Å². The average Bonchev–Trinajstić information content (AvgIpc) is 2.32. The molecule has 1 heterocycles. The molecule has 1 fully saturated rings. The van der Waals surface area contributed by atoms with E-state index in [9.17, 15) is 9.18 Å². The van der Waals surface area contributed by atoms with Gasteiger partial charge in [-0.2, -0.15) is 0 Å². The molecule has 0 bridgehead atoms. The third-order valence-electron chi connectivity index (χ3n) is 3.48. The molecule has 92 valence electrons. The summed E-state index contributed by atoms with van der Waals surface area (Å²) in [6.07, 6.45) is 3.26. The molecule has 0 saturated carbocycles. The molecule has 1 atom stereocenters. The number of piperidine rings is 1. The predicted molar refractivity (Wildman–Crippen MR) is 65.5 cm³/mol. The molecule has 0 N–H and O–H groups in total. The second kappa shape index (κ2) is 4.86. The van der Waals surface area contributed by atoms with Crippen molar-refractivity contribution in [1.29, 1.82) is 0 Å². The van der Waals surface area contributed by atoms with Crippen LogP contribution in [0.15, 0.2) is 18.2 Å². The first kappa shape index (κ1) is 12.1. The fraction of sp³-hybridized carbons (Fsp3) is 0.500. The van der Waals surface area contributed by atoms with Crippen LogP contribution < -0.4 is 0 Å². The summed E-state index contributed by atoms with van der Waals surface area (Å²) >= 11 is 0. The van der Waals surface area contributed by atoms with Gasteiger partial charge in [0, 0.05) is 18.2 Å². The van der Waals surface area contributed by atoms with Gasteiger partial charge in [0.2, 0.25) is 0 Å². The summed E-state index contributed by atoms with van der Waals surface area (Å²) in [7, 11) is 0. The van der Waals surface area contributed by atoms with Crippen molar-refractivity contribution in [3.05, 3.63) is 35.1 Å². The third-order valence-corrected chi connectivity index (χ3v) is 3.48. The van der Waals surface area contributed by atoms with Gasteiger partial charge >= 0.3 is 0 Å². The van der Waals surface area contributed by atoms with E-state index in [1.54, 1.807) is 19.1 Å². The summed E-state index contributed by atoms with van der Waals surface area (Å²) in [6.45, 7) is 4.55. The molecule has 3 heteroatoms. The monoisotopic (exact) mass is 235 g/mol. The summed E-state index contributed by atoms with van der Waals surface area (Å²) in [5, 5.41) is 0. The van der Waals surface area contributed by atoms with Crippen molar-refractivity contribution in [3.63, 3.8) is 0 Å². The number of likely N-dealkylation sites (tertiary alicyclic amines) is 1. The van der Waals surface area contributed by atoms with Gasteiger partial charge in [0.1, 0.15) is 5.82 Å². The maximum absolute atomic E-state index is 13.4. The number of amides is 1. The van der Waals surface area contributed by atoms with Crippen LogP contribution in [0.5, 0.6) is 0 Å². The summed E-state index contributed by atoms with van der Waals surface area (Å²) < 4.78 is 13.4. The Morgan fingerprint density at radius 3 is 2.82 bits per heavy atom. The standard InChI is InChI=1S/C14H18FNO/c1-10-6-7-12(9-13(10)15)14(17)16-8-4-3-5-11(16)2/h6-7,9,11H,3-5,8H2,1-2H3. The van der Waals surface area contributed by atoms with Crippen molar-refractivity contribution in [2.45, 2.75) is 39.2 Å². The van der Waals surface area contributed by atoms with E-state index in [-0.39, 0.29) is 17.8 Å². The van der Waals surface area contributed by atoms with Crippen LogP contribution in [0.25, 0.3) is 0 Å². The Labute approximate surface area is 101 Å². The first-order valence-electron chi connectivity index (χ1n) is 6.16. The molecular formula is C14H18FNO. The topological polar surface area (TPSA) is 20.3 Å². The molecule has 1 unspecified atom stereocenters. The Balaban J connectivity index is 2.21. The number of halogens is 1. The number of benzene rings is 1. The Hall–Kier alpha value is -1.38. The van der Waals surface area contributed by atoms with Crippen LogP contribution in [-0.4, -0.2) is 23.4 Å². The van der Waals surface area contributed by atoms with Crippen molar-refractivity contribution in [1.82, 2.24) is 4.90 Å². The van der Waals surface area contributed by atoms with Crippen LogP contribution in [0.3, 0.4) is 0 Å². The molecule has 2 rings (SSSR count). The third kappa shape index (κ3) is 2.48. The largest absolute Gasteiger partial charge is 0.336 e. The minimum atomic E-state index is -0.305. The average molecular weight is 235 g/mol. The molecule has 0 spiro atoms. The van der Waals surface area contributed by atoms with E-state index in [0.717, 1.165) is 19.4 Å². The van der Waals surface area contributed by atoms with Crippen molar-refractivity contribution >= 4 is 5.91 Å². The quantitative estimate of drug-likeness (QED) is 0.732. The van der Waals surface area contributed by atoms with Crippen molar-refractivity contribution in [2.24, 2.45) is 0 Å². The lowest BCUT2D eigenvalue weighted by atomic mass is 10.0. The van der Waals surface area contributed by atoms with Gasteiger partial charge in [-0.3, -0.25) is 4.79 Å². The number of nitrogens with zero attached hydrogens (tertiary/aromatic N) is 1. The summed E-state index contributed by atoms with van der Waals surface area (Å²) in [5.41, 5.74) is 1.04. The van der Waals surface area contributed by atoms with Crippen LogP contribution in [0.2, 0.25) is 0 Å². The predicted octanol–water partition coefficient (Wildman–Crippen LogP) is 3.15. The van der Waals surface area contributed by atoms with Gasteiger partial charge in [0.15, 0.2) is 0 Å². The minimum Gasteiger partial charge on any atom is -0.336 e. The van der Waals surface area contributed by atoms with Gasteiger partial charge < -0.3 is 4.90 Å². The van der Waals surface area contributed by atoms with E-state index in [1.807, 2.05) is 4.90 Å². The fourth-order valence-corrected chi connectivity index (χ4v) is 2.29. The molecule has 1 aliphatic heterocycles. The Morgan fingerprint density at radius 2 is 2.18 bits per heavy atom. The van der Waals surface area contributed by atoms with Crippen LogP contribution in [-0.2, 0) is 0 Å². The number of carbonyl (C=O) groups excluding carboxylic acids is 1. The van der Waals surface area contributed by atoms with E-state index < -0.39 is 0 Å². The first-order valence-corrected chi connectivity index (χ1v) is 6.16. The lowest BCUT2D eigenvalue weighted by molar-refractivity contribution is 0.0635. The van der Waals surface area contributed by atoms with Crippen molar-refractivity contribution < 1.29 is 9.18 Å². The zero-order valence-electron chi connectivity index (χ0n) is 10.4. The van der Waals surface area contributed by atoms with Gasteiger partial charge in [-0.15, -0.1) is 0 Å². The number of hydrogen-bond donors (Lipinski definition) is 0. The zero-order valence-corrected chi connectivity index (χ0v) is 10.4. The number of carbonyl (C=O) groups is 1. The van der Waals surface area contributed by atoms with E-state index in [0.29, 0.717) is 11.1 Å². The lowest BCUT2D eigenvalue weighted by Crippen LogP contribution is -2.42. The van der Waals surface area contributed by atoms with Gasteiger partial charge in [-0.25, -0.2) is 4.39 Å². The summed E-state index contributed by atoms with van der Waals surface area (Å²) in [5.74, 6) is -0.350. The Bertz CT molecular complexity index is 430. The number of aryl methyl sites for hydroxylation is 1. The fourth-order valence-electron chi connectivity index (χ4n) is 2.29. The van der Waals surface area contributed by atoms with Crippen molar-refractivity contribution in [3.8, 4) is 0 Å². The van der Waals surface area contributed by atoms with Gasteiger partial charge in [0.05, 0.1) is 0 Å². The summed E-state index contributed by atoms with van der Waals surface area (Å²) in [4.78, 5) is 14.1. The Morgan fingerprint density at radius 1 is 1.41 bits per heavy atom. The highest BCUT2D eigenvalue weighted by Crippen LogP contribution is 2.20. The normalized spacial score (nSPS) is 20.4. The van der Waals surface area contributed by atoms with E-state index in [1.165, 1.54) is 12.5 Å². The number of hydrogen-bond acceptors (Lipinski definition) is 1. The van der Waals surface area contributed by atoms with Crippen LogP contribution in [0, 0.1) is 12.7 Å². The molecule has 1 aliphatic rings. The molecule has 0 aromatic heterocycles. The highest BCUT2D eigenvalue weighted by atomic mass is 19.1.